The molecule has 0 N–H and O–H groups in total. The number of hydrogen-bond acceptors (Lipinski definition) is 3. The molecule has 1 aromatic carbocycles. The minimum Gasteiger partial charge on any atom is -0.465 e. The first-order valence-corrected chi connectivity index (χ1v) is 7.77. The SMILES string of the molecule is O=C1OCC[C@@]12CN1CCC[C@H]1[C@@H]2C#Cc1ccccc1. The maximum atomic E-state index is 12.3. The van der Waals surface area contributed by atoms with Crippen LogP contribution < -0.4 is 0 Å². The van der Waals surface area contributed by atoms with Crippen molar-refractivity contribution in [2.75, 3.05) is 19.7 Å². The van der Waals surface area contributed by atoms with Crippen LogP contribution in [-0.2, 0) is 9.53 Å². The Morgan fingerprint density at radius 1 is 1.29 bits per heavy atom. The highest BCUT2D eigenvalue weighted by Crippen LogP contribution is 2.49. The van der Waals surface area contributed by atoms with E-state index in [2.05, 4.69) is 16.7 Å². The summed E-state index contributed by atoms with van der Waals surface area (Å²) < 4.78 is 5.30. The van der Waals surface area contributed by atoms with E-state index in [1.807, 2.05) is 30.3 Å². The zero-order valence-electron chi connectivity index (χ0n) is 12.0. The van der Waals surface area contributed by atoms with Crippen molar-refractivity contribution >= 4 is 5.97 Å². The zero-order chi connectivity index (χ0) is 14.3. The topological polar surface area (TPSA) is 29.5 Å². The van der Waals surface area contributed by atoms with Crippen LogP contribution in [0.5, 0.6) is 0 Å². The molecule has 1 aromatic rings. The smallest absolute Gasteiger partial charge is 0.314 e. The van der Waals surface area contributed by atoms with Crippen LogP contribution >= 0.6 is 0 Å². The molecular weight excluding hydrogens is 262 g/mol. The minimum atomic E-state index is -0.368. The molecule has 0 bridgehead atoms. The quantitative estimate of drug-likeness (QED) is 0.538. The normalized spacial score (nSPS) is 34.6. The summed E-state index contributed by atoms with van der Waals surface area (Å²) in [5.74, 6) is 6.82. The van der Waals surface area contributed by atoms with Crippen LogP contribution in [0.15, 0.2) is 30.3 Å². The van der Waals surface area contributed by atoms with Crippen LogP contribution in [0.25, 0.3) is 0 Å². The molecule has 0 aromatic heterocycles. The van der Waals surface area contributed by atoms with E-state index in [-0.39, 0.29) is 17.3 Å². The van der Waals surface area contributed by atoms with Crippen molar-refractivity contribution in [1.82, 2.24) is 4.90 Å². The number of rotatable bonds is 0. The molecule has 0 amide bonds. The van der Waals surface area contributed by atoms with Gasteiger partial charge in [-0.1, -0.05) is 30.0 Å². The molecule has 3 heterocycles. The van der Waals surface area contributed by atoms with Crippen molar-refractivity contribution in [3.8, 4) is 11.8 Å². The van der Waals surface area contributed by atoms with Crippen molar-refractivity contribution in [3.05, 3.63) is 35.9 Å². The first-order chi connectivity index (χ1) is 10.3. The van der Waals surface area contributed by atoms with Crippen LogP contribution in [0.3, 0.4) is 0 Å². The lowest BCUT2D eigenvalue weighted by Crippen LogP contribution is -2.36. The van der Waals surface area contributed by atoms with Gasteiger partial charge in [0.2, 0.25) is 0 Å². The van der Waals surface area contributed by atoms with E-state index in [0.29, 0.717) is 12.6 Å². The van der Waals surface area contributed by atoms with Gasteiger partial charge in [0.15, 0.2) is 0 Å². The lowest BCUT2D eigenvalue weighted by atomic mass is 9.74. The van der Waals surface area contributed by atoms with Gasteiger partial charge in [-0.25, -0.2) is 0 Å². The number of hydrogen-bond donors (Lipinski definition) is 0. The highest BCUT2D eigenvalue weighted by atomic mass is 16.5. The molecule has 108 valence electrons. The van der Waals surface area contributed by atoms with Crippen LogP contribution in [-0.4, -0.2) is 36.6 Å². The molecule has 3 aliphatic rings. The first-order valence-electron chi connectivity index (χ1n) is 7.77. The summed E-state index contributed by atoms with van der Waals surface area (Å²) in [5, 5.41) is 0. The Hall–Kier alpha value is -1.79. The van der Waals surface area contributed by atoms with Crippen LogP contribution in [0.2, 0.25) is 0 Å². The number of fused-ring (bicyclic) bond motifs is 1. The summed E-state index contributed by atoms with van der Waals surface area (Å²) in [6.45, 7) is 2.50. The second-order valence-corrected chi connectivity index (χ2v) is 6.34. The third kappa shape index (κ3) is 1.98. The number of carbonyl (C=O) groups excluding carboxylic acids is 1. The predicted molar refractivity (Wildman–Crippen MR) is 79.4 cm³/mol. The van der Waals surface area contributed by atoms with Crippen molar-refractivity contribution in [1.29, 1.82) is 0 Å². The molecule has 3 nitrogen and oxygen atoms in total. The van der Waals surface area contributed by atoms with Gasteiger partial charge in [0.1, 0.15) is 0 Å². The predicted octanol–water partition coefficient (Wildman–Crippen LogP) is 2.07. The molecule has 3 fully saturated rings. The molecule has 4 rings (SSSR count). The van der Waals surface area contributed by atoms with Crippen LogP contribution in [0.1, 0.15) is 24.8 Å². The number of nitrogens with zero attached hydrogens (tertiary/aromatic N) is 1. The number of esters is 1. The Kier molecular flexibility index (Phi) is 3.01. The average molecular weight is 281 g/mol. The summed E-state index contributed by atoms with van der Waals surface area (Å²) in [6, 6.07) is 10.5. The van der Waals surface area contributed by atoms with Gasteiger partial charge < -0.3 is 4.74 Å². The van der Waals surface area contributed by atoms with Gasteiger partial charge in [-0.2, -0.15) is 0 Å². The molecule has 0 saturated carbocycles. The Bertz CT molecular complexity index is 615. The fourth-order valence-corrected chi connectivity index (χ4v) is 4.17. The van der Waals surface area contributed by atoms with Gasteiger partial charge in [0, 0.05) is 24.6 Å². The summed E-state index contributed by atoms with van der Waals surface area (Å²) in [6.07, 6.45) is 3.20. The molecule has 3 saturated heterocycles. The van der Waals surface area contributed by atoms with E-state index in [9.17, 15) is 4.79 Å². The number of benzene rings is 1. The average Bonchev–Trinajstić information content (AvgIpc) is 3.16. The van der Waals surface area contributed by atoms with E-state index in [0.717, 1.165) is 31.5 Å². The second kappa shape index (κ2) is 4.89. The van der Waals surface area contributed by atoms with E-state index in [4.69, 9.17) is 4.74 Å². The molecule has 0 aliphatic carbocycles. The van der Waals surface area contributed by atoms with Crippen LogP contribution in [0, 0.1) is 23.2 Å². The zero-order valence-corrected chi connectivity index (χ0v) is 12.0. The molecule has 1 spiro atoms. The summed E-state index contributed by atoms with van der Waals surface area (Å²) in [5.41, 5.74) is 0.655. The highest BCUT2D eigenvalue weighted by molar-refractivity contribution is 5.80. The molecule has 0 radical (unpaired) electrons. The standard InChI is InChI=1S/C18H19NO2/c20-17-18(10-12-21-17)13-19-11-4-7-16(19)15(18)9-8-14-5-2-1-3-6-14/h1-3,5-6,15-16H,4,7,10-13H2/t15-,16-,18-/m0/s1. The molecule has 3 heteroatoms. The lowest BCUT2D eigenvalue weighted by Gasteiger charge is -2.24. The molecule has 3 atom stereocenters. The summed E-state index contributed by atoms with van der Waals surface area (Å²) in [4.78, 5) is 14.8. The van der Waals surface area contributed by atoms with Gasteiger partial charge in [-0.05, 0) is 31.5 Å². The fraction of sp³-hybridized carbons (Fsp3) is 0.500. The Labute approximate surface area is 125 Å². The Balaban J connectivity index is 1.70. The maximum absolute atomic E-state index is 12.3. The van der Waals surface area contributed by atoms with Crippen molar-refractivity contribution in [2.45, 2.75) is 25.3 Å². The third-order valence-electron chi connectivity index (χ3n) is 5.21. The molecule has 21 heavy (non-hydrogen) atoms. The third-order valence-corrected chi connectivity index (χ3v) is 5.21. The largest absolute Gasteiger partial charge is 0.465 e. The molecule has 3 aliphatic heterocycles. The first kappa shape index (κ1) is 12.9. The second-order valence-electron chi connectivity index (χ2n) is 6.34. The van der Waals surface area contributed by atoms with Gasteiger partial charge in [-0.3, -0.25) is 9.69 Å². The number of carbonyl (C=O) groups is 1. The number of cyclic esters (lactones) is 1. The van der Waals surface area contributed by atoms with Crippen molar-refractivity contribution in [2.24, 2.45) is 11.3 Å². The lowest BCUT2D eigenvalue weighted by molar-refractivity contribution is -0.146. The van der Waals surface area contributed by atoms with Crippen molar-refractivity contribution in [3.63, 3.8) is 0 Å². The Morgan fingerprint density at radius 2 is 2.14 bits per heavy atom. The highest BCUT2D eigenvalue weighted by Gasteiger charge is 2.60. The minimum absolute atomic E-state index is 0.0238. The van der Waals surface area contributed by atoms with Gasteiger partial charge >= 0.3 is 5.97 Å². The van der Waals surface area contributed by atoms with Gasteiger partial charge in [0.25, 0.3) is 0 Å². The van der Waals surface area contributed by atoms with Gasteiger partial charge in [-0.15, -0.1) is 0 Å². The number of ether oxygens (including phenoxy) is 1. The fourth-order valence-electron chi connectivity index (χ4n) is 4.17. The van der Waals surface area contributed by atoms with Gasteiger partial charge in [0.05, 0.1) is 17.9 Å². The molecule has 0 unspecified atom stereocenters. The van der Waals surface area contributed by atoms with E-state index >= 15 is 0 Å². The van der Waals surface area contributed by atoms with Crippen LogP contribution in [0.4, 0.5) is 0 Å². The van der Waals surface area contributed by atoms with E-state index in [1.165, 1.54) is 6.42 Å². The summed E-state index contributed by atoms with van der Waals surface area (Å²) in [7, 11) is 0. The van der Waals surface area contributed by atoms with E-state index in [1.54, 1.807) is 0 Å². The van der Waals surface area contributed by atoms with Crippen molar-refractivity contribution < 1.29 is 9.53 Å². The monoisotopic (exact) mass is 281 g/mol. The summed E-state index contributed by atoms with van der Waals surface area (Å²) >= 11 is 0. The maximum Gasteiger partial charge on any atom is 0.314 e. The molecular formula is C18H19NO2. The Morgan fingerprint density at radius 3 is 2.90 bits per heavy atom. The van der Waals surface area contributed by atoms with E-state index < -0.39 is 0 Å².